The summed E-state index contributed by atoms with van der Waals surface area (Å²) in [7, 11) is 0. The second-order valence-electron chi connectivity index (χ2n) is 9.17. The molecule has 0 radical (unpaired) electrons. The predicted octanol–water partition coefficient (Wildman–Crippen LogP) is 4.91. The van der Waals surface area contributed by atoms with Crippen molar-refractivity contribution in [3.05, 3.63) is 84.3 Å². The first-order valence-electron chi connectivity index (χ1n) is 12.9. The molecule has 37 heavy (non-hydrogen) atoms. The molecule has 7 nitrogen and oxygen atoms in total. The van der Waals surface area contributed by atoms with Gasteiger partial charge in [-0.2, -0.15) is 5.10 Å². The van der Waals surface area contributed by atoms with E-state index in [1.807, 2.05) is 37.3 Å². The van der Waals surface area contributed by atoms with E-state index in [4.69, 9.17) is 19.3 Å². The highest BCUT2D eigenvalue weighted by molar-refractivity contribution is 5.44. The van der Waals surface area contributed by atoms with Crippen molar-refractivity contribution in [1.29, 1.82) is 0 Å². The van der Waals surface area contributed by atoms with Crippen LogP contribution in [0.5, 0.6) is 11.6 Å². The summed E-state index contributed by atoms with van der Waals surface area (Å²) in [5.74, 6) is 0.146. The first kappa shape index (κ1) is 27.0. The SMILES string of the molecule is C=CCOCC(O)CN(Cc1c(CC)nn(-c2ccccc2)c1Oc1ccccc1F)CC1CCCO1. The van der Waals surface area contributed by atoms with Crippen molar-refractivity contribution in [3.63, 3.8) is 0 Å². The van der Waals surface area contributed by atoms with E-state index >= 15 is 0 Å². The third-order valence-electron chi connectivity index (χ3n) is 6.28. The molecular weight excluding hydrogens is 473 g/mol. The van der Waals surface area contributed by atoms with Gasteiger partial charge in [-0.15, -0.1) is 6.58 Å². The summed E-state index contributed by atoms with van der Waals surface area (Å²) in [5.41, 5.74) is 2.52. The molecule has 4 rings (SSSR count). The van der Waals surface area contributed by atoms with Gasteiger partial charge in [0, 0.05) is 26.2 Å². The van der Waals surface area contributed by atoms with E-state index in [1.165, 1.54) is 6.07 Å². The van der Waals surface area contributed by atoms with Gasteiger partial charge in [0.15, 0.2) is 11.6 Å². The van der Waals surface area contributed by atoms with Crippen molar-refractivity contribution < 1.29 is 23.7 Å². The quantitative estimate of drug-likeness (QED) is 0.246. The van der Waals surface area contributed by atoms with Crippen molar-refractivity contribution in [2.45, 2.75) is 44.9 Å². The number of rotatable bonds is 14. The summed E-state index contributed by atoms with van der Waals surface area (Å²) in [6.45, 7) is 8.52. The molecule has 1 N–H and O–H groups in total. The number of hydrogen-bond donors (Lipinski definition) is 1. The van der Waals surface area contributed by atoms with Crippen molar-refractivity contribution >= 4 is 0 Å². The summed E-state index contributed by atoms with van der Waals surface area (Å²) in [4.78, 5) is 2.15. The molecule has 2 aromatic carbocycles. The average Bonchev–Trinajstić information content (AvgIpc) is 3.54. The molecule has 198 valence electrons. The van der Waals surface area contributed by atoms with Gasteiger partial charge in [0.25, 0.3) is 0 Å². The molecule has 0 saturated carbocycles. The van der Waals surface area contributed by atoms with Crippen LogP contribution in [0.1, 0.15) is 31.0 Å². The maximum absolute atomic E-state index is 14.6. The highest BCUT2D eigenvalue weighted by Crippen LogP contribution is 2.33. The van der Waals surface area contributed by atoms with Gasteiger partial charge < -0.3 is 19.3 Å². The Morgan fingerprint density at radius 3 is 2.73 bits per heavy atom. The molecule has 0 bridgehead atoms. The Morgan fingerprint density at radius 2 is 2.03 bits per heavy atom. The summed E-state index contributed by atoms with van der Waals surface area (Å²) < 4.78 is 34.0. The van der Waals surface area contributed by atoms with Crippen molar-refractivity contribution in [3.8, 4) is 17.3 Å². The van der Waals surface area contributed by atoms with Crippen LogP contribution in [0.15, 0.2) is 67.3 Å². The number of para-hydroxylation sites is 2. The standard InChI is InChI=1S/C29H36FN3O4/c1-3-16-35-21-23(34)18-32(19-24-13-10-17-36-24)20-25-27(4-2)31-33(22-11-6-5-7-12-22)29(25)37-28-15-9-8-14-26(28)30/h3,5-9,11-12,14-15,23-24,34H,1,4,10,13,16-21H2,2H3. The lowest BCUT2D eigenvalue weighted by Crippen LogP contribution is -2.39. The lowest BCUT2D eigenvalue weighted by molar-refractivity contribution is 0.00835. The van der Waals surface area contributed by atoms with Crippen molar-refractivity contribution in [2.24, 2.45) is 0 Å². The van der Waals surface area contributed by atoms with E-state index < -0.39 is 11.9 Å². The monoisotopic (exact) mass is 509 g/mol. The van der Waals surface area contributed by atoms with E-state index in [9.17, 15) is 9.50 Å². The molecule has 8 heteroatoms. The van der Waals surface area contributed by atoms with Crippen LogP contribution in [0.3, 0.4) is 0 Å². The molecule has 2 unspecified atom stereocenters. The van der Waals surface area contributed by atoms with Crippen molar-refractivity contribution in [1.82, 2.24) is 14.7 Å². The topological polar surface area (TPSA) is 69.0 Å². The van der Waals surface area contributed by atoms with Gasteiger partial charge in [0.2, 0.25) is 5.88 Å². The number of aryl methyl sites for hydroxylation is 1. The molecule has 2 atom stereocenters. The number of aliphatic hydroxyl groups excluding tert-OH is 1. The molecule has 0 spiro atoms. The van der Waals surface area contributed by atoms with Crippen LogP contribution in [0, 0.1) is 5.82 Å². The Bertz CT molecular complexity index is 1130. The van der Waals surface area contributed by atoms with Crippen LogP contribution in [0.25, 0.3) is 5.69 Å². The van der Waals surface area contributed by atoms with Gasteiger partial charge >= 0.3 is 0 Å². The summed E-state index contributed by atoms with van der Waals surface area (Å²) in [5, 5.41) is 15.6. The van der Waals surface area contributed by atoms with Crippen LogP contribution < -0.4 is 4.74 Å². The van der Waals surface area contributed by atoms with E-state index in [1.54, 1.807) is 29.0 Å². The highest BCUT2D eigenvalue weighted by atomic mass is 19.1. The number of halogens is 1. The smallest absolute Gasteiger partial charge is 0.227 e. The van der Waals surface area contributed by atoms with Gasteiger partial charge in [-0.05, 0) is 43.5 Å². The van der Waals surface area contributed by atoms with Gasteiger partial charge in [-0.1, -0.05) is 43.3 Å². The molecule has 0 aliphatic carbocycles. The zero-order valence-electron chi connectivity index (χ0n) is 21.4. The first-order chi connectivity index (χ1) is 18.1. The average molecular weight is 510 g/mol. The highest BCUT2D eigenvalue weighted by Gasteiger charge is 2.27. The van der Waals surface area contributed by atoms with E-state index in [0.29, 0.717) is 38.5 Å². The molecular formula is C29H36FN3O4. The van der Waals surface area contributed by atoms with Crippen LogP contribution in [0.4, 0.5) is 4.39 Å². The fourth-order valence-corrected chi connectivity index (χ4v) is 4.54. The molecule has 1 saturated heterocycles. The Hall–Kier alpha value is -3.04. The number of hydrogen-bond acceptors (Lipinski definition) is 6. The number of nitrogens with zero attached hydrogens (tertiary/aromatic N) is 3. The van der Waals surface area contributed by atoms with Gasteiger partial charge in [-0.25, -0.2) is 9.07 Å². The van der Waals surface area contributed by atoms with Gasteiger partial charge in [-0.3, -0.25) is 4.90 Å². The maximum Gasteiger partial charge on any atom is 0.227 e. The second kappa shape index (κ2) is 13.5. The fraction of sp³-hybridized carbons (Fsp3) is 0.414. The minimum Gasteiger partial charge on any atom is -0.435 e. The summed E-state index contributed by atoms with van der Waals surface area (Å²) in [6.07, 6.45) is 3.73. The Balaban J connectivity index is 1.68. The van der Waals surface area contributed by atoms with Crippen LogP contribution in [-0.2, 0) is 22.4 Å². The number of benzene rings is 2. The Labute approximate surface area is 218 Å². The lowest BCUT2D eigenvalue weighted by Gasteiger charge is -2.27. The first-order valence-corrected chi connectivity index (χ1v) is 12.9. The lowest BCUT2D eigenvalue weighted by atomic mass is 10.1. The Morgan fingerprint density at radius 1 is 1.24 bits per heavy atom. The van der Waals surface area contributed by atoms with Crippen LogP contribution in [0.2, 0.25) is 0 Å². The predicted molar refractivity (Wildman–Crippen MR) is 141 cm³/mol. The molecule has 1 aliphatic rings. The molecule has 1 aliphatic heterocycles. The van der Waals surface area contributed by atoms with Crippen LogP contribution >= 0.6 is 0 Å². The minimum absolute atomic E-state index is 0.0893. The molecule has 1 aromatic heterocycles. The summed E-state index contributed by atoms with van der Waals surface area (Å²) in [6, 6.07) is 16.0. The van der Waals surface area contributed by atoms with Crippen molar-refractivity contribution in [2.75, 3.05) is 32.9 Å². The molecule has 2 heterocycles. The van der Waals surface area contributed by atoms with Gasteiger partial charge in [0.1, 0.15) is 0 Å². The Kier molecular flexibility index (Phi) is 9.85. The maximum atomic E-state index is 14.6. The minimum atomic E-state index is -0.688. The third kappa shape index (κ3) is 7.26. The fourth-order valence-electron chi connectivity index (χ4n) is 4.54. The molecule has 3 aromatic rings. The third-order valence-corrected chi connectivity index (χ3v) is 6.28. The number of aliphatic hydroxyl groups is 1. The normalized spacial score (nSPS) is 16.3. The zero-order valence-corrected chi connectivity index (χ0v) is 21.4. The largest absolute Gasteiger partial charge is 0.435 e. The zero-order chi connectivity index (χ0) is 26.0. The van der Waals surface area contributed by atoms with E-state index in [2.05, 4.69) is 11.5 Å². The second-order valence-corrected chi connectivity index (χ2v) is 9.17. The number of aromatic nitrogens is 2. The molecule has 1 fully saturated rings. The summed E-state index contributed by atoms with van der Waals surface area (Å²) >= 11 is 0. The van der Waals surface area contributed by atoms with Crippen LogP contribution in [-0.4, -0.2) is 64.9 Å². The van der Waals surface area contributed by atoms with E-state index in [0.717, 1.165) is 36.4 Å². The number of ether oxygens (including phenoxy) is 3. The van der Waals surface area contributed by atoms with E-state index in [-0.39, 0.29) is 18.5 Å². The van der Waals surface area contributed by atoms with Gasteiger partial charge in [0.05, 0.1) is 42.4 Å². The molecule has 0 amide bonds.